The molecule has 2 heterocycles. The molecule has 1 aliphatic rings. The monoisotopic (exact) mass is 388 g/mol. The molecule has 0 unspecified atom stereocenters. The van der Waals surface area contributed by atoms with Crippen LogP contribution in [-0.2, 0) is 11.2 Å². The van der Waals surface area contributed by atoms with E-state index in [1.807, 2.05) is 18.5 Å². The predicted molar refractivity (Wildman–Crippen MR) is 110 cm³/mol. The molecule has 27 heavy (non-hydrogen) atoms. The minimum absolute atomic E-state index is 0.212. The second-order valence-corrected chi connectivity index (χ2v) is 8.70. The zero-order chi connectivity index (χ0) is 19.2. The van der Waals surface area contributed by atoms with Crippen LogP contribution in [0, 0.1) is 25.7 Å². The van der Waals surface area contributed by atoms with E-state index < -0.39 is 0 Å². The molecule has 148 valence electrons. The minimum atomic E-state index is 0.212. The van der Waals surface area contributed by atoms with Crippen molar-refractivity contribution in [2.75, 3.05) is 6.54 Å². The number of thiazole rings is 1. The maximum atomic E-state index is 12.4. The molecule has 1 fully saturated rings. The van der Waals surface area contributed by atoms with Crippen molar-refractivity contribution in [2.45, 2.75) is 72.1 Å². The van der Waals surface area contributed by atoms with Crippen molar-refractivity contribution in [1.29, 1.82) is 0 Å². The summed E-state index contributed by atoms with van der Waals surface area (Å²) < 4.78 is 1.89. The van der Waals surface area contributed by atoms with E-state index in [-0.39, 0.29) is 11.8 Å². The number of aryl methyl sites for hydroxylation is 2. The Kier molecular flexibility index (Phi) is 7.05. The maximum Gasteiger partial charge on any atom is 0.223 e. The zero-order valence-corrected chi connectivity index (χ0v) is 17.6. The first-order valence-corrected chi connectivity index (χ1v) is 11.2. The van der Waals surface area contributed by atoms with E-state index in [1.165, 1.54) is 32.1 Å². The summed E-state index contributed by atoms with van der Waals surface area (Å²) in [5.74, 6) is 1.29. The lowest BCUT2D eigenvalue weighted by Crippen LogP contribution is -2.34. The highest BCUT2D eigenvalue weighted by atomic mass is 32.1. The molecule has 0 aromatic carbocycles. The van der Waals surface area contributed by atoms with Crippen LogP contribution in [0.3, 0.4) is 0 Å². The van der Waals surface area contributed by atoms with Crippen molar-refractivity contribution >= 4 is 17.2 Å². The molecule has 1 amide bonds. The van der Waals surface area contributed by atoms with Crippen LogP contribution in [0.4, 0.5) is 0 Å². The molecular formula is C21H32N4OS. The Morgan fingerprint density at radius 2 is 2.07 bits per heavy atom. The highest BCUT2D eigenvalue weighted by Crippen LogP contribution is 2.31. The highest BCUT2D eigenvalue weighted by molar-refractivity contribution is 7.12. The Labute approximate surface area is 166 Å². The van der Waals surface area contributed by atoms with Crippen LogP contribution in [0.5, 0.6) is 0 Å². The number of hydrogen-bond donors (Lipinski definition) is 1. The van der Waals surface area contributed by atoms with E-state index in [0.29, 0.717) is 6.54 Å². The lowest BCUT2D eigenvalue weighted by atomic mass is 9.79. The molecule has 0 radical (unpaired) electrons. The van der Waals surface area contributed by atoms with Crippen LogP contribution < -0.4 is 5.32 Å². The van der Waals surface area contributed by atoms with Gasteiger partial charge in [-0.2, -0.15) is 5.10 Å². The molecule has 0 bridgehead atoms. The number of rotatable bonds is 8. The molecule has 2 aromatic rings. The highest BCUT2D eigenvalue weighted by Gasteiger charge is 2.25. The van der Waals surface area contributed by atoms with Crippen molar-refractivity contribution in [1.82, 2.24) is 20.1 Å². The van der Waals surface area contributed by atoms with Crippen LogP contribution >= 0.6 is 11.3 Å². The fourth-order valence-corrected chi connectivity index (χ4v) is 4.86. The van der Waals surface area contributed by atoms with Crippen molar-refractivity contribution in [3.05, 3.63) is 28.5 Å². The first-order valence-electron chi connectivity index (χ1n) is 10.3. The molecule has 0 saturated heterocycles. The number of nitrogens with one attached hydrogen (secondary N) is 1. The summed E-state index contributed by atoms with van der Waals surface area (Å²) in [5.41, 5.74) is 3.11. The number of unbranched alkanes of at least 4 members (excludes halogenated alkanes) is 1. The van der Waals surface area contributed by atoms with Gasteiger partial charge in [-0.3, -0.25) is 4.79 Å². The molecule has 0 aliphatic heterocycles. The molecule has 5 nitrogen and oxygen atoms in total. The number of amides is 1. The number of nitrogens with zero attached hydrogens (tertiary/aromatic N) is 3. The van der Waals surface area contributed by atoms with Crippen LogP contribution in [0.15, 0.2) is 11.4 Å². The number of hydrogen-bond acceptors (Lipinski definition) is 4. The van der Waals surface area contributed by atoms with E-state index >= 15 is 0 Å². The van der Waals surface area contributed by atoms with E-state index in [0.717, 1.165) is 47.4 Å². The summed E-state index contributed by atoms with van der Waals surface area (Å²) in [7, 11) is 0. The first kappa shape index (κ1) is 20.1. The summed E-state index contributed by atoms with van der Waals surface area (Å²) in [6.45, 7) is 6.94. The minimum Gasteiger partial charge on any atom is -0.355 e. The second-order valence-electron chi connectivity index (χ2n) is 7.86. The molecule has 0 spiro atoms. The summed E-state index contributed by atoms with van der Waals surface area (Å²) in [6.07, 6.45) is 9.26. The molecule has 6 heteroatoms. The van der Waals surface area contributed by atoms with Gasteiger partial charge < -0.3 is 5.32 Å². The molecule has 2 aromatic heterocycles. The third-order valence-corrected chi connectivity index (χ3v) is 6.46. The fourth-order valence-electron chi connectivity index (χ4n) is 4.00. The van der Waals surface area contributed by atoms with Crippen molar-refractivity contribution in [3.8, 4) is 5.13 Å². The van der Waals surface area contributed by atoms with Crippen LogP contribution in [0.25, 0.3) is 5.13 Å². The lowest BCUT2D eigenvalue weighted by molar-refractivity contribution is -0.126. The molecule has 1 N–H and O–H groups in total. The third-order valence-electron chi connectivity index (χ3n) is 5.59. The van der Waals surface area contributed by atoms with Crippen molar-refractivity contribution in [2.24, 2.45) is 11.8 Å². The smallest absolute Gasteiger partial charge is 0.223 e. The third kappa shape index (κ3) is 5.41. The molecule has 0 atom stereocenters. The Balaban J connectivity index is 1.41. The first-order chi connectivity index (χ1) is 13.1. The summed E-state index contributed by atoms with van der Waals surface area (Å²) in [4.78, 5) is 17.1. The topological polar surface area (TPSA) is 59.8 Å². The van der Waals surface area contributed by atoms with Crippen LogP contribution in [0.1, 0.15) is 69.0 Å². The van der Waals surface area contributed by atoms with Gasteiger partial charge in [0.2, 0.25) is 11.0 Å². The standard InChI is InChI=1S/C21H32N4OS/c1-4-5-6-17-7-9-18(10-8-17)20(26)22-12-11-19-14-27-21(23-19)25-16(3)13-15(2)24-25/h13-14,17-18H,4-12H2,1-3H3,(H,22,26). The lowest BCUT2D eigenvalue weighted by Gasteiger charge is -2.27. The quantitative estimate of drug-likeness (QED) is 0.719. The van der Waals surface area contributed by atoms with Gasteiger partial charge in [0.25, 0.3) is 0 Å². The van der Waals surface area contributed by atoms with Gasteiger partial charge in [0.05, 0.1) is 11.4 Å². The van der Waals surface area contributed by atoms with Crippen molar-refractivity contribution < 1.29 is 4.79 Å². The Morgan fingerprint density at radius 3 is 2.74 bits per heavy atom. The summed E-state index contributed by atoms with van der Waals surface area (Å²) in [5, 5.41) is 10.6. The Bertz CT molecular complexity index is 743. The van der Waals surface area contributed by atoms with E-state index in [4.69, 9.17) is 0 Å². The van der Waals surface area contributed by atoms with Crippen LogP contribution in [-0.4, -0.2) is 27.2 Å². The van der Waals surface area contributed by atoms with Crippen LogP contribution in [0.2, 0.25) is 0 Å². The van der Waals surface area contributed by atoms with Gasteiger partial charge in [0, 0.05) is 30.0 Å². The van der Waals surface area contributed by atoms with Gasteiger partial charge in [-0.05, 0) is 51.5 Å². The molecule has 1 aliphatic carbocycles. The average molecular weight is 389 g/mol. The van der Waals surface area contributed by atoms with Gasteiger partial charge in [-0.25, -0.2) is 9.67 Å². The molecular weight excluding hydrogens is 356 g/mol. The number of carbonyl (C=O) groups is 1. The van der Waals surface area contributed by atoms with E-state index in [2.05, 4.69) is 33.8 Å². The van der Waals surface area contributed by atoms with Gasteiger partial charge in [-0.15, -0.1) is 11.3 Å². The van der Waals surface area contributed by atoms with Crippen molar-refractivity contribution in [3.63, 3.8) is 0 Å². The fraction of sp³-hybridized carbons (Fsp3) is 0.667. The van der Waals surface area contributed by atoms with Gasteiger partial charge >= 0.3 is 0 Å². The largest absolute Gasteiger partial charge is 0.355 e. The number of carbonyl (C=O) groups excluding carboxylic acids is 1. The number of aromatic nitrogens is 3. The zero-order valence-electron chi connectivity index (χ0n) is 16.8. The van der Waals surface area contributed by atoms with Gasteiger partial charge in [0.15, 0.2) is 0 Å². The normalized spacial score (nSPS) is 20.0. The Morgan fingerprint density at radius 1 is 1.30 bits per heavy atom. The SMILES string of the molecule is CCCCC1CCC(C(=O)NCCc2csc(-n3nc(C)cc3C)n2)CC1. The Hall–Kier alpha value is -1.69. The predicted octanol–water partition coefficient (Wildman–Crippen LogP) is 4.60. The van der Waals surface area contributed by atoms with E-state index in [9.17, 15) is 4.79 Å². The molecule has 1 saturated carbocycles. The second kappa shape index (κ2) is 9.49. The summed E-state index contributed by atoms with van der Waals surface area (Å²) >= 11 is 1.60. The summed E-state index contributed by atoms with van der Waals surface area (Å²) in [6, 6.07) is 2.05. The van der Waals surface area contributed by atoms with Gasteiger partial charge in [-0.1, -0.05) is 26.2 Å². The molecule has 3 rings (SSSR count). The van der Waals surface area contributed by atoms with Gasteiger partial charge in [0.1, 0.15) is 0 Å². The average Bonchev–Trinajstić information content (AvgIpc) is 3.26. The maximum absolute atomic E-state index is 12.4. The van der Waals surface area contributed by atoms with E-state index in [1.54, 1.807) is 11.3 Å².